The van der Waals surface area contributed by atoms with Gasteiger partial charge in [-0.05, 0) is 51.7 Å². The summed E-state index contributed by atoms with van der Waals surface area (Å²) in [6.07, 6.45) is 5.21. The Labute approximate surface area is 127 Å². The Balaban J connectivity index is 1.68. The molecule has 2 aliphatic heterocycles. The predicted octanol–water partition coefficient (Wildman–Crippen LogP) is -0.282. The van der Waals surface area contributed by atoms with E-state index in [2.05, 4.69) is 15.5 Å². The molecule has 6 heteroatoms. The minimum atomic E-state index is 0.0552. The van der Waals surface area contributed by atoms with Gasteiger partial charge >= 0.3 is 0 Å². The lowest BCUT2D eigenvalue weighted by Gasteiger charge is -2.35. The molecule has 122 valence electrons. The normalized spacial score (nSPS) is 24.3. The van der Waals surface area contributed by atoms with Crippen LogP contribution in [0.2, 0.25) is 0 Å². The van der Waals surface area contributed by atoms with Crippen molar-refractivity contribution in [1.82, 2.24) is 15.5 Å². The maximum atomic E-state index is 12.3. The molecule has 0 saturated carbocycles. The van der Waals surface area contributed by atoms with Crippen LogP contribution in [0.15, 0.2) is 0 Å². The van der Waals surface area contributed by atoms with Crippen LogP contribution < -0.4 is 10.6 Å². The lowest BCUT2D eigenvalue weighted by atomic mass is 10.0. The first-order chi connectivity index (χ1) is 10.3. The first kappa shape index (κ1) is 16.7. The second-order valence-electron chi connectivity index (χ2n) is 5.86. The number of ether oxygens (including phenoxy) is 1. The van der Waals surface area contributed by atoms with Crippen molar-refractivity contribution in [2.24, 2.45) is 0 Å². The maximum absolute atomic E-state index is 12.3. The quantitative estimate of drug-likeness (QED) is 0.538. The summed E-state index contributed by atoms with van der Waals surface area (Å²) in [5.74, 6) is 0.174. The van der Waals surface area contributed by atoms with Gasteiger partial charge < -0.3 is 20.5 Å². The summed E-state index contributed by atoms with van der Waals surface area (Å²) in [5, 5.41) is 15.0. The molecule has 0 aromatic carbocycles. The Morgan fingerprint density at radius 1 is 1.29 bits per heavy atom. The first-order valence-electron chi connectivity index (χ1n) is 8.25. The number of rotatable bonds is 8. The molecule has 1 atom stereocenters. The van der Waals surface area contributed by atoms with Crippen LogP contribution in [0.25, 0.3) is 0 Å². The summed E-state index contributed by atoms with van der Waals surface area (Å²) in [6.45, 7) is 4.86. The number of hydrogen-bond donors (Lipinski definition) is 3. The van der Waals surface area contributed by atoms with Crippen LogP contribution >= 0.6 is 0 Å². The molecule has 21 heavy (non-hydrogen) atoms. The van der Waals surface area contributed by atoms with E-state index in [0.717, 1.165) is 51.7 Å². The molecule has 0 aromatic rings. The molecule has 0 aromatic heterocycles. The van der Waals surface area contributed by atoms with E-state index in [-0.39, 0.29) is 18.6 Å². The number of nitrogens with zero attached hydrogens (tertiary/aromatic N) is 1. The molecular weight excluding hydrogens is 270 g/mol. The van der Waals surface area contributed by atoms with E-state index in [1.165, 1.54) is 0 Å². The van der Waals surface area contributed by atoms with Crippen LogP contribution in [0.4, 0.5) is 0 Å². The van der Waals surface area contributed by atoms with E-state index >= 15 is 0 Å². The lowest BCUT2D eigenvalue weighted by molar-refractivity contribution is -0.126. The standard InChI is InChI=1S/C15H29N3O3/c19-10-12-21-11-2-6-17-15(20)14-3-1-9-18(14)13-4-7-16-8-5-13/h13-14,16,19H,1-12H2,(H,17,20). The van der Waals surface area contributed by atoms with Crippen LogP contribution in [0.5, 0.6) is 0 Å². The van der Waals surface area contributed by atoms with Crippen molar-refractivity contribution in [2.45, 2.75) is 44.2 Å². The third kappa shape index (κ3) is 5.21. The zero-order valence-electron chi connectivity index (χ0n) is 12.9. The average Bonchev–Trinajstić information content (AvgIpc) is 3.01. The second-order valence-corrected chi connectivity index (χ2v) is 5.86. The van der Waals surface area contributed by atoms with Crippen molar-refractivity contribution in [3.63, 3.8) is 0 Å². The zero-order chi connectivity index (χ0) is 14.9. The lowest BCUT2D eigenvalue weighted by Crippen LogP contribution is -2.50. The summed E-state index contributed by atoms with van der Waals surface area (Å²) in [7, 11) is 0. The molecule has 3 N–H and O–H groups in total. The smallest absolute Gasteiger partial charge is 0.237 e. The van der Waals surface area contributed by atoms with E-state index < -0.39 is 0 Å². The minimum absolute atomic E-state index is 0.0552. The van der Waals surface area contributed by atoms with Crippen LogP contribution in [0.1, 0.15) is 32.1 Å². The van der Waals surface area contributed by atoms with Gasteiger partial charge in [-0.1, -0.05) is 0 Å². The SMILES string of the molecule is O=C(NCCCOCCO)C1CCCN1C1CCNCC1. The van der Waals surface area contributed by atoms with E-state index in [9.17, 15) is 4.79 Å². The van der Waals surface area contributed by atoms with Crippen LogP contribution in [-0.2, 0) is 9.53 Å². The van der Waals surface area contributed by atoms with Crippen LogP contribution in [-0.4, -0.2) is 74.0 Å². The maximum Gasteiger partial charge on any atom is 0.237 e. The van der Waals surface area contributed by atoms with Gasteiger partial charge in [-0.2, -0.15) is 0 Å². The Hall–Kier alpha value is -0.690. The number of aliphatic hydroxyl groups is 1. The average molecular weight is 299 g/mol. The van der Waals surface area contributed by atoms with Crippen LogP contribution in [0, 0.1) is 0 Å². The summed E-state index contributed by atoms with van der Waals surface area (Å²) in [6, 6.07) is 0.629. The van der Waals surface area contributed by atoms with Crippen LogP contribution in [0.3, 0.4) is 0 Å². The minimum Gasteiger partial charge on any atom is -0.394 e. The second kappa shape index (κ2) is 9.35. The highest BCUT2D eigenvalue weighted by Gasteiger charge is 2.35. The highest BCUT2D eigenvalue weighted by atomic mass is 16.5. The molecule has 1 amide bonds. The van der Waals surface area contributed by atoms with Crippen molar-refractivity contribution in [3.8, 4) is 0 Å². The Morgan fingerprint density at radius 2 is 2.10 bits per heavy atom. The number of nitrogens with one attached hydrogen (secondary N) is 2. The topological polar surface area (TPSA) is 73.8 Å². The van der Waals surface area contributed by atoms with Crippen molar-refractivity contribution in [2.75, 3.05) is 46.0 Å². The largest absolute Gasteiger partial charge is 0.394 e. The highest BCUT2D eigenvalue weighted by molar-refractivity contribution is 5.82. The molecule has 0 radical (unpaired) electrons. The Morgan fingerprint density at radius 3 is 2.86 bits per heavy atom. The van der Waals surface area contributed by atoms with Gasteiger partial charge in [0.25, 0.3) is 0 Å². The number of amides is 1. The molecule has 1 unspecified atom stereocenters. The van der Waals surface area contributed by atoms with Gasteiger partial charge in [0.1, 0.15) is 0 Å². The number of carbonyl (C=O) groups excluding carboxylic acids is 1. The first-order valence-corrected chi connectivity index (χ1v) is 8.25. The third-order valence-electron chi connectivity index (χ3n) is 4.37. The van der Waals surface area contributed by atoms with Crippen molar-refractivity contribution in [1.29, 1.82) is 0 Å². The summed E-state index contributed by atoms with van der Waals surface area (Å²) < 4.78 is 5.19. The van der Waals surface area contributed by atoms with Gasteiger partial charge in [0.05, 0.1) is 19.3 Å². The molecule has 0 aliphatic carbocycles. The monoisotopic (exact) mass is 299 g/mol. The molecule has 2 saturated heterocycles. The Kier molecular flexibility index (Phi) is 7.43. The van der Waals surface area contributed by atoms with Gasteiger partial charge in [0, 0.05) is 19.2 Å². The van der Waals surface area contributed by atoms with Crippen molar-refractivity contribution >= 4 is 5.91 Å². The van der Waals surface area contributed by atoms with E-state index in [0.29, 0.717) is 25.8 Å². The molecule has 0 spiro atoms. The van der Waals surface area contributed by atoms with E-state index in [1.807, 2.05) is 0 Å². The number of aliphatic hydroxyl groups excluding tert-OH is 1. The molecule has 6 nitrogen and oxygen atoms in total. The van der Waals surface area contributed by atoms with Gasteiger partial charge in [-0.25, -0.2) is 0 Å². The molecule has 2 heterocycles. The molecular formula is C15H29N3O3. The van der Waals surface area contributed by atoms with Gasteiger partial charge in [0.2, 0.25) is 5.91 Å². The number of hydrogen-bond acceptors (Lipinski definition) is 5. The fourth-order valence-electron chi connectivity index (χ4n) is 3.32. The molecule has 2 rings (SSSR count). The van der Waals surface area contributed by atoms with Crippen molar-refractivity contribution < 1.29 is 14.6 Å². The van der Waals surface area contributed by atoms with E-state index in [1.54, 1.807) is 0 Å². The van der Waals surface area contributed by atoms with Crippen molar-refractivity contribution in [3.05, 3.63) is 0 Å². The predicted molar refractivity (Wildman–Crippen MR) is 81.2 cm³/mol. The molecule has 2 fully saturated rings. The number of piperidine rings is 1. The molecule has 2 aliphatic rings. The van der Waals surface area contributed by atoms with E-state index in [4.69, 9.17) is 9.84 Å². The summed E-state index contributed by atoms with van der Waals surface area (Å²) in [4.78, 5) is 14.8. The Bertz CT molecular complexity index is 309. The molecule has 0 bridgehead atoms. The highest BCUT2D eigenvalue weighted by Crippen LogP contribution is 2.24. The summed E-state index contributed by atoms with van der Waals surface area (Å²) >= 11 is 0. The summed E-state index contributed by atoms with van der Waals surface area (Å²) in [5.41, 5.74) is 0. The number of carbonyl (C=O) groups is 1. The third-order valence-corrected chi connectivity index (χ3v) is 4.37. The fraction of sp³-hybridized carbons (Fsp3) is 0.933. The zero-order valence-corrected chi connectivity index (χ0v) is 12.9. The number of likely N-dealkylation sites (tertiary alicyclic amines) is 1. The van der Waals surface area contributed by atoms with Gasteiger partial charge in [0.15, 0.2) is 0 Å². The fourth-order valence-corrected chi connectivity index (χ4v) is 3.32. The van der Waals surface area contributed by atoms with Gasteiger partial charge in [-0.15, -0.1) is 0 Å². The van der Waals surface area contributed by atoms with Gasteiger partial charge in [-0.3, -0.25) is 9.69 Å².